The van der Waals surface area contributed by atoms with E-state index < -0.39 is 23.6 Å². The predicted octanol–water partition coefficient (Wildman–Crippen LogP) is 4.44. The monoisotopic (exact) mass is 698 g/mol. The third kappa shape index (κ3) is 10.6. The van der Waals surface area contributed by atoms with Crippen LogP contribution in [0.4, 0.5) is 16.2 Å². The van der Waals surface area contributed by atoms with Gasteiger partial charge in [-0.3, -0.25) is 19.6 Å². The number of hydrogen-bond donors (Lipinski definition) is 6. The van der Waals surface area contributed by atoms with Crippen molar-refractivity contribution in [1.29, 1.82) is 0 Å². The molecule has 4 rings (SSSR count). The number of aliphatic hydroxyl groups excluding tert-OH is 3. The second-order valence-corrected chi connectivity index (χ2v) is 13.0. The van der Waals surface area contributed by atoms with Crippen molar-refractivity contribution in [2.45, 2.75) is 59.4 Å². The third-order valence-corrected chi connectivity index (χ3v) is 8.00. The van der Waals surface area contributed by atoms with Crippen molar-refractivity contribution in [2.75, 3.05) is 37.0 Å². The van der Waals surface area contributed by atoms with E-state index in [1.807, 2.05) is 44.2 Å². The Morgan fingerprint density at radius 1 is 0.765 bits per heavy atom. The van der Waals surface area contributed by atoms with Crippen molar-refractivity contribution >= 4 is 29.3 Å². The van der Waals surface area contributed by atoms with Gasteiger partial charge in [0.05, 0.1) is 32.4 Å². The summed E-state index contributed by atoms with van der Waals surface area (Å²) in [4.78, 5) is 48.9. The van der Waals surface area contributed by atoms with Gasteiger partial charge in [0.25, 0.3) is 11.8 Å². The van der Waals surface area contributed by atoms with Crippen LogP contribution in [0.2, 0.25) is 0 Å². The van der Waals surface area contributed by atoms with Crippen molar-refractivity contribution in [3.05, 3.63) is 107 Å². The van der Waals surface area contributed by atoms with Crippen LogP contribution in [0.5, 0.6) is 0 Å². The molecule has 6 N–H and O–H groups in total. The SMILES string of the molecule is Cc1c(NC(=O)c2ccc(CNC(CO)CO)cn2)cccc1-c1cccc(NC(=O)c2ccc(CN(CCO)C(=O)OC(C)(C)C)cn2)c1C. The van der Waals surface area contributed by atoms with E-state index in [0.717, 1.165) is 27.8 Å². The van der Waals surface area contributed by atoms with Gasteiger partial charge in [-0.15, -0.1) is 0 Å². The van der Waals surface area contributed by atoms with Gasteiger partial charge in [-0.25, -0.2) is 4.79 Å². The van der Waals surface area contributed by atoms with E-state index in [9.17, 15) is 29.7 Å². The van der Waals surface area contributed by atoms with Crippen LogP contribution < -0.4 is 16.0 Å². The Balaban J connectivity index is 1.44. The number of aliphatic hydroxyl groups is 3. The zero-order chi connectivity index (χ0) is 37.1. The number of amides is 3. The first kappa shape index (κ1) is 38.6. The molecule has 51 heavy (non-hydrogen) atoms. The van der Waals surface area contributed by atoms with E-state index >= 15 is 0 Å². The van der Waals surface area contributed by atoms with E-state index in [-0.39, 0.29) is 50.2 Å². The maximum absolute atomic E-state index is 13.2. The molecule has 2 aromatic carbocycles. The second kappa shape index (κ2) is 17.6. The molecule has 2 heterocycles. The number of nitrogens with zero attached hydrogens (tertiary/aromatic N) is 3. The highest BCUT2D eigenvalue weighted by Crippen LogP contribution is 2.34. The predicted molar refractivity (Wildman–Crippen MR) is 194 cm³/mol. The molecule has 0 fully saturated rings. The summed E-state index contributed by atoms with van der Waals surface area (Å²) in [6.07, 6.45) is 2.54. The highest BCUT2D eigenvalue weighted by Gasteiger charge is 2.22. The van der Waals surface area contributed by atoms with Crippen LogP contribution >= 0.6 is 0 Å². The average Bonchev–Trinajstić information content (AvgIpc) is 3.10. The molecular weight excluding hydrogens is 652 g/mol. The minimum Gasteiger partial charge on any atom is -0.444 e. The number of anilines is 2. The van der Waals surface area contributed by atoms with Gasteiger partial charge in [0.2, 0.25) is 0 Å². The van der Waals surface area contributed by atoms with Crippen LogP contribution in [-0.4, -0.2) is 86.1 Å². The Kier molecular flexibility index (Phi) is 13.3. The van der Waals surface area contributed by atoms with Gasteiger partial charge in [-0.1, -0.05) is 36.4 Å². The van der Waals surface area contributed by atoms with Crippen molar-refractivity contribution in [2.24, 2.45) is 0 Å². The fraction of sp³-hybridized carbons (Fsp3) is 0.342. The van der Waals surface area contributed by atoms with Crippen molar-refractivity contribution < 1.29 is 34.4 Å². The summed E-state index contributed by atoms with van der Waals surface area (Å²) >= 11 is 0. The molecule has 0 aliphatic rings. The topological polar surface area (TPSA) is 186 Å². The van der Waals surface area contributed by atoms with Crippen molar-refractivity contribution in [3.63, 3.8) is 0 Å². The molecule has 0 unspecified atom stereocenters. The number of rotatable bonds is 14. The summed E-state index contributed by atoms with van der Waals surface area (Å²) in [5, 5.41) is 36.8. The maximum atomic E-state index is 13.2. The Labute approximate surface area is 297 Å². The zero-order valence-corrected chi connectivity index (χ0v) is 29.6. The van der Waals surface area contributed by atoms with E-state index in [0.29, 0.717) is 23.5 Å². The molecule has 13 nitrogen and oxygen atoms in total. The largest absolute Gasteiger partial charge is 0.444 e. The quantitative estimate of drug-likeness (QED) is 0.110. The standard InChI is InChI=1S/C38H46N6O7/c1-24-29(8-6-10-31(24)42-35(48)33-14-12-26(19-40-33)18-39-28(22-46)23-47)30-9-7-11-32(25(30)2)43-36(49)34-15-13-27(20-41-34)21-44(16-17-45)37(50)51-38(3,4)5/h6-15,19-20,28,39,45-47H,16-18,21-23H2,1-5H3,(H,42,48)(H,43,49). The van der Waals surface area contributed by atoms with Gasteiger partial charge >= 0.3 is 6.09 Å². The van der Waals surface area contributed by atoms with Crippen LogP contribution in [0.1, 0.15) is 64.0 Å². The number of ether oxygens (including phenoxy) is 1. The minimum atomic E-state index is -0.683. The minimum absolute atomic E-state index is 0.0888. The Hall–Kier alpha value is -5.21. The lowest BCUT2D eigenvalue weighted by Crippen LogP contribution is -2.38. The molecule has 3 amide bonds. The number of nitrogens with one attached hydrogen (secondary N) is 3. The molecular formula is C38H46N6O7. The number of aromatic nitrogens is 2. The van der Waals surface area contributed by atoms with Gasteiger partial charge in [0.15, 0.2) is 0 Å². The number of pyridine rings is 2. The van der Waals surface area contributed by atoms with E-state index in [1.54, 1.807) is 57.3 Å². The van der Waals surface area contributed by atoms with Crippen LogP contribution in [-0.2, 0) is 17.8 Å². The Morgan fingerprint density at radius 3 is 1.71 bits per heavy atom. The molecule has 0 spiro atoms. The summed E-state index contributed by atoms with van der Waals surface area (Å²) < 4.78 is 5.43. The van der Waals surface area contributed by atoms with E-state index in [4.69, 9.17) is 4.74 Å². The highest BCUT2D eigenvalue weighted by molar-refractivity contribution is 6.05. The first-order valence-corrected chi connectivity index (χ1v) is 16.6. The van der Waals surface area contributed by atoms with E-state index in [2.05, 4.69) is 25.9 Å². The lowest BCUT2D eigenvalue weighted by atomic mass is 9.94. The number of carbonyl (C=O) groups excluding carboxylic acids is 3. The van der Waals surface area contributed by atoms with Gasteiger partial charge < -0.3 is 40.9 Å². The molecule has 0 aliphatic heterocycles. The lowest BCUT2D eigenvalue weighted by molar-refractivity contribution is 0.0201. The lowest BCUT2D eigenvalue weighted by Gasteiger charge is -2.27. The molecule has 0 bridgehead atoms. The third-order valence-electron chi connectivity index (χ3n) is 8.00. The smallest absolute Gasteiger partial charge is 0.410 e. The second-order valence-electron chi connectivity index (χ2n) is 13.0. The average molecular weight is 699 g/mol. The molecule has 0 saturated carbocycles. The van der Waals surface area contributed by atoms with Crippen LogP contribution in [0, 0.1) is 13.8 Å². The molecule has 270 valence electrons. The fourth-order valence-electron chi connectivity index (χ4n) is 5.17. The summed E-state index contributed by atoms with van der Waals surface area (Å²) in [6.45, 7) is 9.13. The number of carbonyl (C=O) groups is 3. The van der Waals surface area contributed by atoms with Gasteiger partial charge in [-0.05, 0) is 92.3 Å². The molecule has 4 aromatic rings. The summed E-state index contributed by atoms with van der Waals surface area (Å²) in [5.74, 6) is -0.782. The first-order chi connectivity index (χ1) is 24.3. The molecule has 13 heteroatoms. The molecule has 0 aliphatic carbocycles. The van der Waals surface area contributed by atoms with Crippen LogP contribution in [0.3, 0.4) is 0 Å². The number of hydrogen-bond acceptors (Lipinski definition) is 10. The normalized spacial score (nSPS) is 11.3. The van der Waals surface area contributed by atoms with Gasteiger partial charge in [0.1, 0.15) is 17.0 Å². The van der Waals surface area contributed by atoms with Crippen LogP contribution in [0.15, 0.2) is 73.1 Å². The zero-order valence-electron chi connectivity index (χ0n) is 29.6. The Morgan fingerprint density at radius 2 is 1.27 bits per heavy atom. The molecule has 0 saturated heterocycles. The summed E-state index contributed by atoms with van der Waals surface area (Å²) in [7, 11) is 0. The van der Waals surface area contributed by atoms with Crippen molar-refractivity contribution in [3.8, 4) is 11.1 Å². The fourth-order valence-corrected chi connectivity index (χ4v) is 5.17. The summed E-state index contributed by atoms with van der Waals surface area (Å²) in [5.41, 5.74) is 5.81. The molecule has 2 aromatic heterocycles. The van der Waals surface area contributed by atoms with Crippen molar-refractivity contribution in [1.82, 2.24) is 20.2 Å². The molecule has 0 radical (unpaired) electrons. The highest BCUT2D eigenvalue weighted by atomic mass is 16.6. The Bertz CT molecular complexity index is 1800. The first-order valence-electron chi connectivity index (χ1n) is 16.6. The summed E-state index contributed by atoms with van der Waals surface area (Å²) in [6, 6.07) is 17.4. The number of benzene rings is 2. The van der Waals surface area contributed by atoms with E-state index in [1.165, 1.54) is 11.1 Å². The maximum Gasteiger partial charge on any atom is 0.410 e. The van der Waals surface area contributed by atoms with Crippen LogP contribution in [0.25, 0.3) is 11.1 Å². The van der Waals surface area contributed by atoms with Gasteiger partial charge in [-0.2, -0.15) is 0 Å². The molecule has 0 atom stereocenters. The van der Waals surface area contributed by atoms with Gasteiger partial charge in [0, 0.05) is 36.9 Å².